The third kappa shape index (κ3) is 2.32. The molecule has 2 atom stereocenters. The number of anilines is 1. The van der Waals surface area contributed by atoms with Crippen molar-refractivity contribution in [1.82, 2.24) is 19.9 Å². The molecule has 2 saturated heterocycles. The van der Waals surface area contributed by atoms with Crippen LogP contribution in [0.2, 0.25) is 0 Å². The van der Waals surface area contributed by atoms with Crippen molar-refractivity contribution in [2.24, 2.45) is 0 Å². The van der Waals surface area contributed by atoms with Gasteiger partial charge in [0.05, 0.1) is 23.8 Å². The van der Waals surface area contributed by atoms with Crippen LogP contribution in [0.25, 0.3) is 0 Å². The lowest BCUT2D eigenvalue weighted by atomic mass is 10.1. The third-order valence-corrected chi connectivity index (χ3v) is 4.65. The molecule has 2 aromatic heterocycles. The Morgan fingerprint density at radius 1 is 1.13 bits per heavy atom. The molecule has 7 heteroatoms. The van der Waals surface area contributed by atoms with Crippen LogP contribution in [0, 0.1) is 5.82 Å². The molecule has 118 valence electrons. The maximum atomic E-state index is 13.8. The van der Waals surface area contributed by atoms with E-state index in [1.807, 2.05) is 0 Å². The molecule has 6 nitrogen and oxygen atoms in total. The third-order valence-electron chi connectivity index (χ3n) is 4.65. The molecule has 0 bridgehead atoms. The molecule has 1 amide bonds. The van der Waals surface area contributed by atoms with Crippen LogP contribution in [0.5, 0.6) is 0 Å². The predicted octanol–water partition coefficient (Wildman–Crippen LogP) is 1.50. The molecule has 4 rings (SSSR count). The maximum absolute atomic E-state index is 13.8. The number of carbonyl (C=O) groups is 1. The van der Waals surface area contributed by atoms with Gasteiger partial charge in [0.2, 0.25) is 5.95 Å². The number of hydrogen-bond donors (Lipinski definition) is 0. The standard InChI is InChI=1S/C16H16FN5O/c17-12-10-18-7-2-11(12)15(23)21-8-3-14-13(21)4-9-22(14)16-19-5-1-6-20-16/h1-2,5-7,10,13-14H,3-4,8-9H2/t13-,14+/m1/s1. The second-order valence-corrected chi connectivity index (χ2v) is 5.81. The van der Waals surface area contributed by atoms with Gasteiger partial charge in [-0.1, -0.05) is 0 Å². The van der Waals surface area contributed by atoms with Crippen LogP contribution in [0.4, 0.5) is 10.3 Å². The van der Waals surface area contributed by atoms with E-state index in [4.69, 9.17) is 0 Å². The highest BCUT2D eigenvalue weighted by atomic mass is 19.1. The zero-order valence-electron chi connectivity index (χ0n) is 12.5. The van der Waals surface area contributed by atoms with E-state index in [-0.39, 0.29) is 23.6 Å². The van der Waals surface area contributed by atoms with Crippen LogP contribution >= 0.6 is 0 Å². The minimum absolute atomic E-state index is 0.0823. The summed E-state index contributed by atoms with van der Waals surface area (Å²) in [4.78, 5) is 28.9. The lowest BCUT2D eigenvalue weighted by Gasteiger charge is -2.25. The summed E-state index contributed by atoms with van der Waals surface area (Å²) in [7, 11) is 0. The summed E-state index contributed by atoms with van der Waals surface area (Å²) in [5, 5.41) is 0. The fourth-order valence-corrected chi connectivity index (χ4v) is 3.63. The fourth-order valence-electron chi connectivity index (χ4n) is 3.63. The summed E-state index contributed by atoms with van der Waals surface area (Å²) in [5.41, 5.74) is 0.0926. The summed E-state index contributed by atoms with van der Waals surface area (Å²) in [5.74, 6) is -0.125. The van der Waals surface area contributed by atoms with Crippen LogP contribution in [-0.4, -0.2) is 50.9 Å². The molecule has 0 radical (unpaired) electrons. The molecule has 0 spiro atoms. The Hall–Kier alpha value is -2.57. The fraction of sp³-hybridized carbons (Fsp3) is 0.375. The van der Waals surface area contributed by atoms with Crippen LogP contribution in [0.1, 0.15) is 23.2 Å². The van der Waals surface area contributed by atoms with Crippen molar-refractivity contribution in [2.75, 3.05) is 18.0 Å². The topological polar surface area (TPSA) is 62.2 Å². The van der Waals surface area contributed by atoms with E-state index in [0.717, 1.165) is 25.6 Å². The molecule has 23 heavy (non-hydrogen) atoms. The van der Waals surface area contributed by atoms with Gasteiger partial charge < -0.3 is 9.80 Å². The highest BCUT2D eigenvalue weighted by Crippen LogP contribution is 2.34. The number of aromatic nitrogens is 3. The Labute approximate surface area is 133 Å². The summed E-state index contributed by atoms with van der Waals surface area (Å²) in [6.07, 6.45) is 7.67. The molecule has 0 N–H and O–H groups in total. The van der Waals surface area contributed by atoms with Gasteiger partial charge in [0, 0.05) is 31.7 Å². The lowest BCUT2D eigenvalue weighted by molar-refractivity contribution is 0.0732. The van der Waals surface area contributed by atoms with E-state index in [0.29, 0.717) is 12.5 Å². The monoisotopic (exact) mass is 313 g/mol. The number of carbonyl (C=O) groups excluding carboxylic acids is 1. The Balaban J connectivity index is 1.56. The Kier molecular flexibility index (Phi) is 3.40. The predicted molar refractivity (Wildman–Crippen MR) is 81.4 cm³/mol. The first-order valence-electron chi connectivity index (χ1n) is 7.70. The summed E-state index contributed by atoms with van der Waals surface area (Å²) >= 11 is 0. The van der Waals surface area contributed by atoms with Crippen LogP contribution in [0.15, 0.2) is 36.9 Å². The van der Waals surface area contributed by atoms with Gasteiger partial charge in [0.15, 0.2) is 5.82 Å². The highest BCUT2D eigenvalue weighted by molar-refractivity contribution is 5.95. The minimum atomic E-state index is -0.567. The molecule has 2 aliphatic rings. The first-order chi connectivity index (χ1) is 11.3. The van der Waals surface area contributed by atoms with Crippen molar-refractivity contribution in [3.05, 3.63) is 48.3 Å². The smallest absolute Gasteiger partial charge is 0.257 e. The number of amides is 1. The first kappa shape index (κ1) is 14.0. The molecule has 0 aliphatic carbocycles. The first-order valence-corrected chi connectivity index (χ1v) is 7.70. The zero-order chi connectivity index (χ0) is 15.8. The number of nitrogens with zero attached hydrogens (tertiary/aromatic N) is 5. The quantitative estimate of drug-likeness (QED) is 0.841. The van der Waals surface area contributed by atoms with Gasteiger partial charge in [-0.25, -0.2) is 14.4 Å². The molecule has 0 unspecified atom stereocenters. The molecule has 2 fully saturated rings. The number of likely N-dealkylation sites (tertiary alicyclic amines) is 1. The average Bonchev–Trinajstić information content (AvgIpc) is 3.17. The van der Waals surface area contributed by atoms with E-state index in [1.165, 1.54) is 12.3 Å². The van der Waals surface area contributed by atoms with Crippen molar-refractivity contribution < 1.29 is 9.18 Å². The van der Waals surface area contributed by atoms with Gasteiger partial charge >= 0.3 is 0 Å². The van der Waals surface area contributed by atoms with E-state index < -0.39 is 5.82 Å². The normalized spacial score (nSPS) is 23.2. The van der Waals surface area contributed by atoms with Gasteiger partial charge in [-0.3, -0.25) is 9.78 Å². The van der Waals surface area contributed by atoms with Gasteiger partial charge in [-0.15, -0.1) is 0 Å². The van der Waals surface area contributed by atoms with E-state index in [1.54, 1.807) is 23.4 Å². The van der Waals surface area contributed by atoms with Crippen molar-refractivity contribution >= 4 is 11.9 Å². The lowest BCUT2D eigenvalue weighted by Crippen LogP contribution is -2.40. The summed E-state index contributed by atoms with van der Waals surface area (Å²) < 4.78 is 13.8. The van der Waals surface area contributed by atoms with Crippen LogP contribution in [0.3, 0.4) is 0 Å². The molecular formula is C16H16FN5O. The Morgan fingerprint density at radius 3 is 2.70 bits per heavy atom. The minimum Gasteiger partial charge on any atom is -0.336 e. The SMILES string of the molecule is O=C(c1ccncc1F)N1CC[C@H]2[C@H]1CCN2c1ncccn1. The highest BCUT2D eigenvalue weighted by Gasteiger charge is 2.45. The molecule has 4 heterocycles. The molecule has 0 saturated carbocycles. The Bertz CT molecular complexity index is 725. The number of pyridine rings is 1. The molecule has 2 aliphatic heterocycles. The number of halogens is 1. The van der Waals surface area contributed by atoms with E-state index in [2.05, 4.69) is 19.9 Å². The average molecular weight is 313 g/mol. The maximum Gasteiger partial charge on any atom is 0.257 e. The zero-order valence-corrected chi connectivity index (χ0v) is 12.5. The van der Waals surface area contributed by atoms with Crippen molar-refractivity contribution in [3.63, 3.8) is 0 Å². The van der Waals surface area contributed by atoms with Crippen molar-refractivity contribution in [3.8, 4) is 0 Å². The van der Waals surface area contributed by atoms with E-state index >= 15 is 0 Å². The molecule has 2 aromatic rings. The number of hydrogen-bond acceptors (Lipinski definition) is 5. The van der Waals surface area contributed by atoms with Crippen LogP contribution in [-0.2, 0) is 0 Å². The summed E-state index contributed by atoms with van der Waals surface area (Å²) in [6, 6.07) is 3.51. The largest absolute Gasteiger partial charge is 0.336 e. The Morgan fingerprint density at radius 2 is 1.91 bits per heavy atom. The summed E-state index contributed by atoms with van der Waals surface area (Å²) in [6.45, 7) is 1.43. The van der Waals surface area contributed by atoms with Crippen molar-refractivity contribution in [2.45, 2.75) is 24.9 Å². The van der Waals surface area contributed by atoms with E-state index in [9.17, 15) is 9.18 Å². The van der Waals surface area contributed by atoms with Gasteiger partial charge in [0.1, 0.15) is 0 Å². The van der Waals surface area contributed by atoms with Gasteiger partial charge in [-0.05, 0) is 25.0 Å². The van der Waals surface area contributed by atoms with Crippen LogP contribution < -0.4 is 4.90 Å². The number of fused-ring (bicyclic) bond motifs is 1. The second kappa shape index (κ2) is 5.57. The molecular weight excluding hydrogens is 297 g/mol. The molecule has 0 aromatic carbocycles. The van der Waals surface area contributed by atoms with Crippen molar-refractivity contribution in [1.29, 1.82) is 0 Å². The van der Waals surface area contributed by atoms with Gasteiger partial charge in [-0.2, -0.15) is 0 Å². The second-order valence-electron chi connectivity index (χ2n) is 5.81. The number of rotatable bonds is 2. The van der Waals surface area contributed by atoms with Gasteiger partial charge in [0.25, 0.3) is 5.91 Å².